The van der Waals surface area contributed by atoms with E-state index in [2.05, 4.69) is 66.7 Å². The topological polar surface area (TPSA) is 104 Å². The molecule has 4 aliphatic carbocycles. The van der Waals surface area contributed by atoms with Crippen LogP contribution in [0.1, 0.15) is 107 Å². The lowest BCUT2D eigenvalue weighted by Crippen LogP contribution is -2.63. The van der Waals surface area contributed by atoms with E-state index in [1.807, 2.05) is 12.3 Å². The average Bonchev–Trinajstić information content (AvgIpc) is 3.74. The Bertz CT molecular complexity index is 1490. The summed E-state index contributed by atoms with van der Waals surface area (Å²) in [4.78, 5) is 24.2. The van der Waals surface area contributed by atoms with Crippen molar-refractivity contribution >= 4 is 5.97 Å². The number of benzene rings is 1. The molecule has 42 heavy (non-hydrogen) atoms. The number of aliphatic carboxylic acids is 1. The molecule has 0 radical (unpaired) electrons. The Morgan fingerprint density at radius 1 is 1.00 bits per heavy atom. The van der Waals surface area contributed by atoms with Crippen LogP contribution < -0.4 is 0 Å². The number of hydrogen-bond acceptors (Lipinski definition) is 6. The summed E-state index contributed by atoms with van der Waals surface area (Å²) in [5.41, 5.74) is 1.41. The Balaban J connectivity index is 1.28. The molecule has 8 heteroatoms. The lowest BCUT2D eigenvalue weighted by molar-refractivity contribution is -0.156. The normalized spacial score (nSPS) is 28.4. The first-order valence-electron chi connectivity index (χ1n) is 15.7. The maximum Gasteiger partial charge on any atom is 0.309 e. The van der Waals surface area contributed by atoms with Crippen LogP contribution >= 0.6 is 0 Å². The van der Waals surface area contributed by atoms with Gasteiger partial charge in [0.15, 0.2) is 5.82 Å². The second-order valence-electron chi connectivity index (χ2n) is 14.5. The van der Waals surface area contributed by atoms with Crippen molar-refractivity contribution in [2.45, 2.75) is 95.1 Å². The minimum Gasteiger partial charge on any atom is -0.481 e. The molecule has 4 saturated carbocycles. The summed E-state index contributed by atoms with van der Waals surface area (Å²) < 4.78 is 2.15. The monoisotopic (exact) mass is 569 g/mol. The summed E-state index contributed by atoms with van der Waals surface area (Å²) in [6.45, 7) is 8.08. The number of pyridine rings is 1. The molecule has 5 fully saturated rings. The van der Waals surface area contributed by atoms with Gasteiger partial charge in [-0.25, -0.2) is 9.67 Å². The second-order valence-corrected chi connectivity index (χ2v) is 14.5. The van der Waals surface area contributed by atoms with Crippen LogP contribution in [0.3, 0.4) is 0 Å². The van der Waals surface area contributed by atoms with Crippen molar-refractivity contribution < 1.29 is 15.0 Å². The first kappa shape index (κ1) is 27.7. The molecule has 0 unspecified atom stereocenters. The summed E-state index contributed by atoms with van der Waals surface area (Å²) >= 11 is 0. The van der Waals surface area contributed by atoms with Crippen LogP contribution in [0.15, 0.2) is 42.7 Å². The number of hydrogen-bond donors (Lipinski definition) is 2. The van der Waals surface area contributed by atoms with E-state index in [-0.39, 0.29) is 10.8 Å². The summed E-state index contributed by atoms with van der Waals surface area (Å²) in [6, 6.07) is 10.8. The fourth-order valence-corrected chi connectivity index (χ4v) is 8.33. The Hall–Kier alpha value is -3.10. The number of rotatable bonds is 8. The predicted molar refractivity (Wildman–Crippen MR) is 160 cm³/mol. The zero-order chi connectivity index (χ0) is 29.5. The number of aliphatic hydroxyl groups is 1. The molecule has 222 valence electrons. The van der Waals surface area contributed by atoms with Gasteiger partial charge >= 0.3 is 5.97 Å². The zero-order valence-corrected chi connectivity index (χ0v) is 25.3. The van der Waals surface area contributed by atoms with Gasteiger partial charge in [-0.1, -0.05) is 45.0 Å². The Kier molecular flexibility index (Phi) is 6.24. The minimum atomic E-state index is -1.23. The molecule has 5 aliphatic rings. The molecule has 2 aromatic heterocycles. The highest BCUT2D eigenvalue weighted by Crippen LogP contribution is 2.58. The first-order chi connectivity index (χ1) is 20.0. The SMILES string of the molecule is CC(C)c1ccc([C@](O)(c2cncc(-c3nc(C45CCC(C(=O)O)(CC4)CC5)n(C4CC4)n3)c2)C2(C)CN(C)C2)cc1. The summed E-state index contributed by atoms with van der Waals surface area (Å²) in [5, 5.41) is 27.7. The van der Waals surface area contributed by atoms with Gasteiger partial charge in [-0.15, -0.1) is 0 Å². The molecule has 8 rings (SSSR count). The quantitative estimate of drug-likeness (QED) is 0.361. The Morgan fingerprint density at radius 2 is 1.64 bits per heavy atom. The lowest BCUT2D eigenvalue weighted by atomic mass is 9.53. The van der Waals surface area contributed by atoms with Crippen molar-refractivity contribution in [2.24, 2.45) is 10.8 Å². The maximum atomic E-state index is 12.7. The van der Waals surface area contributed by atoms with Crippen molar-refractivity contribution in [2.75, 3.05) is 20.1 Å². The van der Waals surface area contributed by atoms with Crippen LogP contribution in [-0.2, 0) is 15.8 Å². The largest absolute Gasteiger partial charge is 0.481 e. The van der Waals surface area contributed by atoms with Crippen LogP contribution in [-0.4, -0.2) is 61.0 Å². The summed E-state index contributed by atoms with van der Waals surface area (Å²) in [5.74, 6) is 1.45. The molecule has 2 bridgehead atoms. The fourth-order valence-electron chi connectivity index (χ4n) is 8.33. The number of carboxylic acids is 1. The number of fused-ring (bicyclic) bond motifs is 3. The highest BCUT2D eigenvalue weighted by atomic mass is 16.4. The molecule has 0 amide bonds. The van der Waals surface area contributed by atoms with Gasteiger partial charge < -0.3 is 15.1 Å². The van der Waals surface area contributed by atoms with E-state index < -0.39 is 17.0 Å². The van der Waals surface area contributed by atoms with E-state index in [0.717, 1.165) is 67.7 Å². The van der Waals surface area contributed by atoms with E-state index in [1.54, 1.807) is 6.20 Å². The number of carboxylic acid groups (broad SMARTS) is 1. The third-order valence-corrected chi connectivity index (χ3v) is 11.2. The third-order valence-electron chi connectivity index (χ3n) is 11.2. The van der Waals surface area contributed by atoms with E-state index in [0.29, 0.717) is 37.0 Å². The number of nitrogens with zero attached hydrogens (tertiary/aromatic N) is 5. The molecule has 1 aromatic carbocycles. The van der Waals surface area contributed by atoms with Crippen LogP contribution in [0.2, 0.25) is 0 Å². The number of aromatic nitrogens is 4. The number of likely N-dealkylation sites (tertiary alicyclic amines) is 1. The van der Waals surface area contributed by atoms with Crippen molar-refractivity contribution in [3.05, 3.63) is 65.2 Å². The minimum absolute atomic E-state index is 0.112. The molecule has 3 aromatic rings. The first-order valence-corrected chi connectivity index (χ1v) is 15.7. The highest BCUT2D eigenvalue weighted by molar-refractivity contribution is 5.75. The molecule has 1 aliphatic heterocycles. The molecule has 8 nitrogen and oxygen atoms in total. The van der Waals surface area contributed by atoms with Gasteiger partial charge in [-0.3, -0.25) is 9.78 Å². The van der Waals surface area contributed by atoms with Crippen LogP contribution in [0.5, 0.6) is 0 Å². The molecule has 2 N–H and O–H groups in total. The molecular weight excluding hydrogens is 526 g/mol. The van der Waals surface area contributed by atoms with E-state index in [4.69, 9.17) is 10.1 Å². The van der Waals surface area contributed by atoms with Gasteiger partial charge in [0.25, 0.3) is 0 Å². The smallest absolute Gasteiger partial charge is 0.309 e. The van der Waals surface area contributed by atoms with Crippen LogP contribution in [0.4, 0.5) is 0 Å². The Labute approximate surface area is 248 Å². The van der Waals surface area contributed by atoms with Gasteiger partial charge in [-0.05, 0) is 81.5 Å². The third kappa shape index (κ3) is 4.08. The van der Waals surface area contributed by atoms with Crippen molar-refractivity contribution in [3.8, 4) is 11.4 Å². The van der Waals surface area contributed by atoms with Crippen molar-refractivity contribution in [1.82, 2.24) is 24.6 Å². The molecule has 3 heterocycles. The maximum absolute atomic E-state index is 12.7. The highest BCUT2D eigenvalue weighted by Gasteiger charge is 2.57. The molecule has 1 atom stereocenters. The average molecular weight is 570 g/mol. The Morgan fingerprint density at radius 3 is 2.19 bits per heavy atom. The fraction of sp³-hybridized carbons (Fsp3) is 0.588. The number of carbonyl (C=O) groups is 1. The van der Waals surface area contributed by atoms with Crippen molar-refractivity contribution in [1.29, 1.82) is 0 Å². The van der Waals surface area contributed by atoms with E-state index in [9.17, 15) is 15.0 Å². The summed E-state index contributed by atoms with van der Waals surface area (Å²) in [7, 11) is 2.09. The van der Waals surface area contributed by atoms with Crippen molar-refractivity contribution in [3.63, 3.8) is 0 Å². The van der Waals surface area contributed by atoms with Gasteiger partial charge in [-0.2, -0.15) is 5.10 Å². The zero-order valence-electron chi connectivity index (χ0n) is 25.3. The summed E-state index contributed by atoms with van der Waals surface area (Å²) in [6.07, 6.45) is 10.5. The van der Waals surface area contributed by atoms with Crippen LogP contribution in [0, 0.1) is 10.8 Å². The predicted octanol–water partition coefficient (Wildman–Crippen LogP) is 5.66. The van der Waals surface area contributed by atoms with E-state index in [1.165, 1.54) is 5.56 Å². The lowest BCUT2D eigenvalue weighted by Gasteiger charge is -2.55. The molecule has 1 saturated heterocycles. The van der Waals surface area contributed by atoms with E-state index >= 15 is 0 Å². The van der Waals surface area contributed by atoms with Gasteiger partial charge in [0.1, 0.15) is 11.4 Å². The van der Waals surface area contributed by atoms with Gasteiger partial charge in [0.2, 0.25) is 0 Å². The molecular formula is C34H43N5O3. The second kappa shape index (κ2) is 9.45. The van der Waals surface area contributed by atoms with Gasteiger partial charge in [0.05, 0.1) is 11.5 Å². The van der Waals surface area contributed by atoms with Gasteiger partial charge in [0, 0.05) is 47.4 Å². The van der Waals surface area contributed by atoms with Crippen LogP contribution in [0.25, 0.3) is 11.4 Å². The standard InChI is InChI=1S/C34H43N5O3/c1-22(2)23-5-7-25(8-6-23)34(42,31(3)20-38(4)21-31)26-17-24(18-35-19-26)28-36-29(39(37-28)27-9-10-27)32-11-14-33(15-12-32,16-13-32)30(40)41/h5-8,17-19,22,27,42H,9-16,20-21H2,1-4H3,(H,40,41)/t32?,33?,34-/m0/s1. The molecule has 0 spiro atoms.